The molecule has 0 spiro atoms. The van der Waals surface area contributed by atoms with Gasteiger partial charge in [-0.1, -0.05) is 11.6 Å². The number of halogens is 2. The first-order valence-electron chi connectivity index (χ1n) is 4.77. The predicted octanol–water partition coefficient (Wildman–Crippen LogP) is 3.10. The van der Waals surface area contributed by atoms with E-state index in [0.717, 1.165) is 21.3 Å². The van der Waals surface area contributed by atoms with Crippen LogP contribution >= 0.6 is 27.5 Å². The molecule has 0 aliphatic rings. The Morgan fingerprint density at radius 1 is 1.47 bits per heavy atom. The Bertz CT molecular complexity index is 505. The van der Waals surface area contributed by atoms with Crippen LogP contribution in [0.15, 0.2) is 22.7 Å². The number of aromatic nitrogens is 1. The van der Waals surface area contributed by atoms with E-state index < -0.39 is 0 Å². The second kappa shape index (κ2) is 4.16. The maximum atomic E-state index is 5.97. The van der Waals surface area contributed by atoms with E-state index in [-0.39, 0.29) is 0 Å². The van der Waals surface area contributed by atoms with Crippen LogP contribution in [-0.2, 0) is 13.5 Å². The lowest BCUT2D eigenvalue weighted by molar-refractivity contribution is 0.823. The number of rotatable bonds is 2. The fraction of sp³-hybridized carbons (Fsp3) is 0.273. The smallest absolute Gasteiger partial charge is 0.0492 e. The minimum Gasteiger partial charge on any atom is -0.346 e. The molecular weight excluding hydrogens is 275 g/mol. The van der Waals surface area contributed by atoms with Gasteiger partial charge in [0, 0.05) is 39.6 Å². The van der Waals surface area contributed by atoms with Gasteiger partial charge in [0.15, 0.2) is 0 Å². The van der Waals surface area contributed by atoms with Crippen molar-refractivity contribution in [3.05, 3.63) is 33.4 Å². The second-order valence-corrected chi connectivity index (χ2v) is 4.75. The minimum atomic E-state index is 0.649. The molecule has 0 bridgehead atoms. The maximum absolute atomic E-state index is 5.97. The topological polar surface area (TPSA) is 30.9 Å². The molecule has 0 saturated heterocycles. The first-order valence-corrected chi connectivity index (χ1v) is 5.94. The lowest BCUT2D eigenvalue weighted by Crippen LogP contribution is -2.06. The molecule has 2 nitrogen and oxygen atoms in total. The molecule has 80 valence electrons. The average molecular weight is 288 g/mol. The summed E-state index contributed by atoms with van der Waals surface area (Å²) in [7, 11) is 2.05. The van der Waals surface area contributed by atoms with Crippen LogP contribution < -0.4 is 5.73 Å². The molecule has 0 amide bonds. The number of hydrogen-bond donors (Lipinski definition) is 1. The zero-order chi connectivity index (χ0) is 11.0. The highest BCUT2D eigenvalue weighted by Gasteiger charge is 2.12. The molecule has 4 heteroatoms. The van der Waals surface area contributed by atoms with E-state index >= 15 is 0 Å². The maximum Gasteiger partial charge on any atom is 0.0492 e. The third-order valence-corrected chi connectivity index (χ3v) is 3.72. The first kappa shape index (κ1) is 11.0. The van der Waals surface area contributed by atoms with Crippen molar-refractivity contribution in [1.29, 1.82) is 0 Å². The van der Waals surface area contributed by atoms with Gasteiger partial charge in [-0.15, -0.1) is 0 Å². The van der Waals surface area contributed by atoms with E-state index in [4.69, 9.17) is 17.3 Å². The Balaban J connectivity index is 2.73. The van der Waals surface area contributed by atoms with Gasteiger partial charge in [-0.2, -0.15) is 0 Å². The number of benzene rings is 1. The average Bonchev–Trinajstić information content (AvgIpc) is 2.44. The summed E-state index contributed by atoms with van der Waals surface area (Å²) < 4.78 is 3.26. The van der Waals surface area contributed by atoms with E-state index in [1.807, 2.05) is 25.2 Å². The van der Waals surface area contributed by atoms with Crippen molar-refractivity contribution in [2.24, 2.45) is 12.8 Å². The summed E-state index contributed by atoms with van der Waals surface area (Å²) in [6.07, 6.45) is 0.864. The standard InChI is InChI=1S/C11H12BrClN2/c1-15-9-3-2-7(13)6-8(9)11(12)10(15)4-5-14/h2-3,6H,4-5,14H2,1H3. The molecule has 0 aliphatic heterocycles. The van der Waals surface area contributed by atoms with Crippen molar-refractivity contribution < 1.29 is 0 Å². The van der Waals surface area contributed by atoms with Crippen molar-refractivity contribution in [2.45, 2.75) is 6.42 Å². The Morgan fingerprint density at radius 2 is 2.20 bits per heavy atom. The van der Waals surface area contributed by atoms with Crippen LogP contribution in [0.1, 0.15) is 5.69 Å². The molecule has 0 radical (unpaired) electrons. The fourth-order valence-corrected chi connectivity index (χ4v) is 2.79. The summed E-state index contributed by atoms with van der Waals surface area (Å²) in [6, 6.07) is 5.91. The van der Waals surface area contributed by atoms with Gasteiger partial charge in [0.1, 0.15) is 0 Å². The Labute approximate surface area is 102 Å². The lowest BCUT2D eigenvalue weighted by Gasteiger charge is -2.02. The quantitative estimate of drug-likeness (QED) is 0.904. The van der Waals surface area contributed by atoms with Gasteiger partial charge in [-0.3, -0.25) is 0 Å². The van der Waals surface area contributed by atoms with Gasteiger partial charge in [0.2, 0.25) is 0 Å². The number of aryl methyl sites for hydroxylation is 1. The van der Waals surface area contributed by atoms with Gasteiger partial charge in [0.25, 0.3) is 0 Å². The summed E-state index contributed by atoms with van der Waals surface area (Å²) >= 11 is 9.58. The van der Waals surface area contributed by atoms with Crippen LogP contribution in [0.3, 0.4) is 0 Å². The molecular formula is C11H12BrClN2. The van der Waals surface area contributed by atoms with Crippen LogP contribution in [-0.4, -0.2) is 11.1 Å². The summed E-state index contributed by atoms with van der Waals surface area (Å²) in [5.41, 5.74) is 7.98. The van der Waals surface area contributed by atoms with Crippen molar-refractivity contribution in [3.63, 3.8) is 0 Å². The highest BCUT2D eigenvalue weighted by atomic mass is 79.9. The molecule has 2 N–H and O–H groups in total. The van der Waals surface area contributed by atoms with Gasteiger partial charge in [-0.25, -0.2) is 0 Å². The first-order chi connectivity index (χ1) is 7.15. The monoisotopic (exact) mass is 286 g/mol. The third-order valence-electron chi connectivity index (χ3n) is 2.60. The summed E-state index contributed by atoms with van der Waals surface area (Å²) in [5.74, 6) is 0. The van der Waals surface area contributed by atoms with Crippen LogP contribution in [0.4, 0.5) is 0 Å². The molecule has 1 heterocycles. The van der Waals surface area contributed by atoms with Crippen molar-refractivity contribution in [2.75, 3.05) is 6.54 Å². The zero-order valence-electron chi connectivity index (χ0n) is 8.43. The normalized spacial score (nSPS) is 11.2. The molecule has 1 aromatic heterocycles. The minimum absolute atomic E-state index is 0.649. The zero-order valence-corrected chi connectivity index (χ0v) is 10.8. The number of hydrogen-bond acceptors (Lipinski definition) is 1. The van der Waals surface area contributed by atoms with Crippen LogP contribution in [0.25, 0.3) is 10.9 Å². The fourth-order valence-electron chi connectivity index (χ4n) is 1.84. The van der Waals surface area contributed by atoms with Crippen molar-refractivity contribution in [1.82, 2.24) is 4.57 Å². The largest absolute Gasteiger partial charge is 0.346 e. The summed E-state index contributed by atoms with van der Waals surface area (Å²) in [6.45, 7) is 0.649. The van der Waals surface area contributed by atoms with Crippen LogP contribution in [0.5, 0.6) is 0 Å². The Kier molecular flexibility index (Phi) is 3.05. The Hall–Kier alpha value is -0.510. The number of nitrogens with zero attached hydrogens (tertiary/aromatic N) is 1. The molecule has 0 saturated carbocycles. The molecule has 2 rings (SSSR count). The van der Waals surface area contributed by atoms with Crippen LogP contribution in [0.2, 0.25) is 5.02 Å². The molecule has 0 aliphatic carbocycles. The summed E-state index contributed by atoms with van der Waals surface area (Å²) in [4.78, 5) is 0. The third kappa shape index (κ3) is 1.80. The predicted molar refractivity (Wildman–Crippen MR) is 68.4 cm³/mol. The van der Waals surface area contributed by atoms with E-state index in [0.29, 0.717) is 6.54 Å². The molecule has 15 heavy (non-hydrogen) atoms. The SMILES string of the molecule is Cn1c(CCN)c(Br)c2cc(Cl)ccc21. The number of nitrogens with two attached hydrogens (primary N) is 1. The van der Waals surface area contributed by atoms with Crippen molar-refractivity contribution in [3.8, 4) is 0 Å². The van der Waals surface area contributed by atoms with E-state index in [9.17, 15) is 0 Å². The molecule has 0 atom stereocenters. The van der Waals surface area contributed by atoms with Gasteiger partial charge in [-0.05, 0) is 40.7 Å². The highest BCUT2D eigenvalue weighted by molar-refractivity contribution is 9.10. The number of fused-ring (bicyclic) bond motifs is 1. The molecule has 0 unspecified atom stereocenters. The van der Waals surface area contributed by atoms with E-state index in [2.05, 4.69) is 20.5 Å². The van der Waals surface area contributed by atoms with Gasteiger partial charge >= 0.3 is 0 Å². The Morgan fingerprint density at radius 3 is 2.87 bits per heavy atom. The molecule has 1 aromatic carbocycles. The van der Waals surface area contributed by atoms with E-state index in [1.54, 1.807) is 0 Å². The van der Waals surface area contributed by atoms with E-state index in [1.165, 1.54) is 11.2 Å². The van der Waals surface area contributed by atoms with Gasteiger partial charge in [0.05, 0.1) is 0 Å². The molecule has 2 aromatic rings. The second-order valence-electron chi connectivity index (χ2n) is 3.52. The lowest BCUT2D eigenvalue weighted by atomic mass is 10.2. The molecule has 0 fully saturated rings. The van der Waals surface area contributed by atoms with Crippen molar-refractivity contribution >= 4 is 38.4 Å². The summed E-state index contributed by atoms with van der Waals surface area (Å²) in [5, 5.41) is 1.90. The van der Waals surface area contributed by atoms with Crippen LogP contribution in [0, 0.1) is 0 Å². The highest BCUT2D eigenvalue weighted by Crippen LogP contribution is 2.32. The van der Waals surface area contributed by atoms with Gasteiger partial charge < -0.3 is 10.3 Å².